The number of methoxy groups -OCH3 is 1. The number of hydrogen-bond acceptors (Lipinski definition) is 11. The number of carbonyl (C=O) groups is 4. The number of aliphatic hydroxyl groups is 2. The number of halogens is 21. The van der Waals surface area contributed by atoms with E-state index in [1.165, 1.54) is 127 Å². The van der Waals surface area contributed by atoms with E-state index < -0.39 is 195 Å². The fraction of sp³-hybridized carbons (Fsp3) is 0.204. The highest BCUT2D eigenvalue weighted by Gasteiger charge is 2.68. The lowest BCUT2D eigenvalue weighted by Gasteiger charge is -2.42. The van der Waals surface area contributed by atoms with E-state index in [0.29, 0.717) is 53.6 Å². The Balaban J connectivity index is 0.000000233. The van der Waals surface area contributed by atoms with E-state index in [-0.39, 0.29) is 54.0 Å². The van der Waals surface area contributed by atoms with E-state index >= 15 is 22.0 Å². The van der Waals surface area contributed by atoms with Gasteiger partial charge in [0, 0.05) is 25.3 Å². The summed E-state index contributed by atoms with van der Waals surface area (Å²) >= 11 is 0. The van der Waals surface area contributed by atoms with E-state index in [1.54, 1.807) is 38.3 Å². The van der Waals surface area contributed by atoms with E-state index in [4.69, 9.17) is 20.9 Å². The predicted molar refractivity (Wildman–Crippen MR) is 473 cm³/mol. The van der Waals surface area contributed by atoms with Gasteiger partial charge in [-0.2, -0.15) is 70.2 Å². The number of alkyl carbamates (subject to hydrolysis) is 1. The first-order valence-electron chi connectivity index (χ1n) is 41.4. The molecule has 0 radical (unpaired) electrons. The van der Waals surface area contributed by atoms with Gasteiger partial charge in [-0.15, -0.1) is 0 Å². The van der Waals surface area contributed by atoms with E-state index in [1.807, 2.05) is 89.5 Å². The lowest BCUT2D eigenvalue weighted by atomic mass is 9.75. The molecule has 0 bridgehead atoms. The Morgan fingerprint density at radius 2 is 0.734 bits per heavy atom. The summed E-state index contributed by atoms with van der Waals surface area (Å²) < 4.78 is 317. The Morgan fingerprint density at radius 1 is 0.388 bits per heavy atom. The number of aryl methyl sites for hydroxylation is 1. The van der Waals surface area contributed by atoms with Crippen LogP contribution in [0.4, 0.5) is 97.0 Å². The summed E-state index contributed by atoms with van der Waals surface area (Å²) in [6.45, 7) is 1.11. The summed E-state index contributed by atoms with van der Waals surface area (Å²) in [5.74, 6) is -13.9. The second-order valence-corrected chi connectivity index (χ2v) is 31.8. The maximum Gasteiger partial charge on any atom is 0.461 e. The molecule has 10 N–H and O–H groups in total. The Morgan fingerprint density at radius 3 is 1.10 bits per heavy atom. The zero-order chi connectivity index (χ0) is 101. The molecular weight excluding hydrogens is 1860 g/mol. The number of rotatable bonds is 30. The van der Waals surface area contributed by atoms with Crippen LogP contribution >= 0.6 is 0 Å². The van der Waals surface area contributed by atoms with Gasteiger partial charge in [0.25, 0.3) is 17.7 Å². The molecule has 7 atom stereocenters. The molecule has 0 aromatic heterocycles. The smallest absolute Gasteiger partial charge is 0.461 e. The SMILES string of the molecule is C.COc1ccc(C(N)(c2ccc(CO)cc2)C(N)c2ccccc2)cc1.Cc1ccc([C@@](Cc2ccccc2)(NC(=O)C(O)(C(=O)N[C@](Cc2ccccc2)(c2ccc(F)cc2)c2cc(F)cc(C(F)(F)F)c2)C(F)(F)F)c2cc(F)cc(C(F)(F)F)c2)cc1.O=C(NC(C(=O)N[C@](Cc1ccccc1)(c1ccc(F)cc1)c1cc(F)cc(OC(F)(F)C(F)F)c1)C(F)(F)F)OCc1ccccc1. The molecule has 730 valence electrons. The summed E-state index contributed by atoms with van der Waals surface area (Å²) in [5, 5.41) is 28.6. The number of nitrogens with one attached hydrogen (secondary N) is 4. The van der Waals surface area contributed by atoms with Gasteiger partial charge in [-0.25, -0.2) is 26.7 Å². The van der Waals surface area contributed by atoms with E-state index in [0.717, 1.165) is 76.5 Å². The minimum atomic E-state index is -6.35. The van der Waals surface area contributed by atoms with Crippen LogP contribution in [-0.2, 0) is 86.1 Å². The Kier molecular flexibility index (Phi) is 34.0. The molecule has 4 unspecified atom stereocenters. The lowest BCUT2D eigenvalue weighted by Crippen LogP contribution is -2.70. The third kappa shape index (κ3) is 25.7. The standard InChI is InChI=1S/C47H34F12N2O3.C33H25F9N2O4.C22H24N2O2.CH4/c1-28-12-14-31(15-13-28)42(26-29-8-4-2-5-9-29,33-20-35(45(51,52)53)24-38(49)22-33)60-40(62)44(64,47(57,58)59)41(63)61-43(27-30-10-6-3-7-11-30,32-16-18-37(48)19-17-32)34-21-36(46(54,55)56)25-39(50)23-34;34-24-13-11-22(12-14-24)31(18-20-7-3-1-4-8-20,23-15-25(35)17-26(16-23)48-33(41,42)29(36)37)44-28(45)27(32(38,39)40)43-30(46)47-19-21-9-5-2-6-10-21;1-26-20-13-11-19(12-14-20)22(24,18-9-7-16(15-25)8-10-18)21(23)17-5-3-2-4-6-17;/h2-25,64H,26-27H2,1H3,(H,60,62)(H,61,63);1-17,27,29H,18-19H2,(H,43,46)(H,44,45);2-14,21,25H,15,23-24H2,1H3;1H4/t42-,43-,44?;27?,31-;;/m11../s1. The van der Waals surface area contributed by atoms with Crippen molar-refractivity contribution in [3.05, 3.63) is 451 Å². The molecule has 36 heteroatoms. The van der Waals surface area contributed by atoms with Crippen molar-refractivity contribution >= 4 is 23.8 Å². The van der Waals surface area contributed by atoms with Gasteiger partial charge in [-0.3, -0.25) is 14.4 Å². The van der Waals surface area contributed by atoms with Gasteiger partial charge >= 0.3 is 48.9 Å². The fourth-order valence-corrected chi connectivity index (χ4v) is 15.4. The average molecular weight is 1950 g/mol. The van der Waals surface area contributed by atoms with Gasteiger partial charge in [-0.1, -0.05) is 250 Å². The normalized spacial score (nSPS) is 14.4. The van der Waals surface area contributed by atoms with Crippen molar-refractivity contribution in [3.8, 4) is 11.5 Å². The van der Waals surface area contributed by atoms with Crippen LogP contribution in [-0.4, -0.2) is 77.7 Å². The first-order valence-corrected chi connectivity index (χ1v) is 41.4. The summed E-state index contributed by atoms with van der Waals surface area (Å²) in [6.07, 6.45) is -35.5. The van der Waals surface area contributed by atoms with Gasteiger partial charge in [0.15, 0.2) is 0 Å². The molecule has 0 fully saturated rings. The number of benzene rings is 13. The maximum absolute atomic E-state index is 15.7. The van der Waals surface area contributed by atoms with Gasteiger partial charge in [0.1, 0.15) is 47.2 Å². The fourth-order valence-electron chi connectivity index (χ4n) is 15.4. The van der Waals surface area contributed by atoms with Crippen LogP contribution in [0.2, 0.25) is 0 Å². The first-order chi connectivity index (χ1) is 65.0. The highest BCUT2D eigenvalue weighted by molar-refractivity contribution is 6.10. The van der Waals surface area contributed by atoms with Crippen LogP contribution in [0.5, 0.6) is 11.5 Å². The van der Waals surface area contributed by atoms with Gasteiger partial charge in [-0.05, 0) is 170 Å². The Bertz CT molecular complexity index is 6070. The monoisotopic (exact) mass is 1950 g/mol. The lowest BCUT2D eigenvalue weighted by molar-refractivity contribution is -0.253. The molecule has 15 nitrogen and oxygen atoms in total. The van der Waals surface area contributed by atoms with Gasteiger partial charge in [0.05, 0.1) is 53.0 Å². The number of aliphatic hydroxyl groups excluding tert-OH is 1. The maximum atomic E-state index is 15.7. The third-order valence-electron chi connectivity index (χ3n) is 22.4. The van der Waals surface area contributed by atoms with Crippen LogP contribution in [0.3, 0.4) is 0 Å². The van der Waals surface area contributed by atoms with E-state index in [2.05, 4.69) is 10.1 Å². The number of carbonyl (C=O) groups excluding carboxylic acids is 4. The van der Waals surface area contributed by atoms with Crippen LogP contribution in [0.25, 0.3) is 0 Å². The minimum absolute atomic E-state index is 0. The number of nitrogens with two attached hydrogens (primary N) is 2. The van der Waals surface area contributed by atoms with Crippen LogP contribution in [0.15, 0.2) is 328 Å². The highest BCUT2D eigenvalue weighted by Crippen LogP contribution is 2.47. The molecular formula is C103H87F21N6O9. The molecule has 13 aromatic rings. The summed E-state index contributed by atoms with van der Waals surface area (Å²) in [4.78, 5) is 55.2. The second-order valence-electron chi connectivity index (χ2n) is 31.8. The van der Waals surface area contributed by atoms with Crippen LogP contribution in [0, 0.1) is 36.0 Å². The van der Waals surface area contributed by atoms with Crippen molar-refractivity contribution in [2.45, 2.75) is 124 Å². The zero-order valence-electron chi connectivity index (χ0n) is 72.3. The quantitative estimate of drug-likeness (QED) is 0.0156. The molecule has 139 heavy (non-hydrogen) atoms. The average Bonchev–Trinajstić information content (AvgIpc) is 0.750. The van der Waals surface area contributed by atoms with Crippen molar-refractivity contribution in [1.82, 2.24) is 21.3 Å². The molecule has 0 saturated heterocycles. The van der Waals surface area contributed by atoms with Crippen molar-refractivity contribution in [2.75, 3.05) is 7.11 Å². The molecule has 13 aromatic carbocycles. The number of amides is 4. The molecule has 0 aliphatic heterocycles. The zero-order valence-corrected chi connectivity index (χ0v) is 72.3. The molecule has 13 rings (SSSR count). The molecule has 0 spiro atoms. The molecule has 0 heterocycles. The molecule has 4 amide bonds. The molecule has 0 saturated carbocycles. The molecule has 0 aliphatic carbocycles. The van der Waals surface area contributed by atoms with E-state index in [9.17, 15) is 99.6 Å². The predicted octanol–water partition coefficient (Wildman–Crippen LogP) is 22.0. The second kappa shape index (κ2) is 44.3. The first kappa shape index (κ1) is 107. The van der Waals surface area contributed by atoms with Crippen LogP contribution < -0.4 is 42.2 Å². The van der Waals surface area contributed by atoms with Gasteiger partial charge < -0.3 is 57.2 Å². The summed E-state index contributed by atoms with van der Waals surface area (Å²) in [6, 6.07) is 66.5. The van der Waals surface area contributed by atoms with Crippen molar-refractivity contribution in [2.24, 2.45) is 11.5 Å². The Labute approximate surface area is 782 Å². The number of hydrogen-bond donors (Lipinski definition) is 8. The van der Waals surface area contributed by atoms with Crippen molar-refractivity contribution in [3.63, 3.8) is 0 Å². The third-order valence-corrected chi connectivity index (χ3v) is 22.4. The number of ether oxygens (including phenoxy) is 3. The van der Waals surface area contributed by atoms with Crippen molar-refractivity contribution < 1.29 is 136 Å². The highest BCUT2D eigenvalue weighted by atomic mass is 19.4. The Hall–Kier alpha value is -14.5. The topological polar surface area (TPSA) is 237 Å². The number of alkyl halides is 16. The van der Waals surface area contributed by atoms with Gasteiger partial charge in [0.2, 0.25) is 6.04 Å². The summed E-state index contributed by atoms with van der Waals surface area (Å²) in [5.41, 5.74) is -1.77. The summed E-state index contributed by atoms with van der Waals surface area (Å²) in [7, 11) is 1.63. The van der Waals surface area contributed by atoms with Crippen LogP contribution in [0.1, 0.15) is 108 Å². The van der Waals surface area contributed by atoms with Crippen molar-refractivity contribution in [1.29, 1.82) is 0 Å². The largest absolute Gasteiger partial charge is 0.497 e. The minimum Gasteiger partial charge on any atom is -0.497 e. The molecule has 0 aliphatic rings.